The quantitative estimate of drug-likeness (QED) is 0.277. The Bertz CT molecular complexity index is 444. The largest absolute Gasteiger partial charge is 0.481 e. The zero-order valence-corrected chi connectivity index (χ0v) is 16.1. The molecule has 1 atom stereocenters. The molecule has 0 fully saturated rings. The molecule has 0 amide bonds. The molecule has 0 heterocycles. The fourth-order valence-corrected chi connectivity index (χ4v) is 1.68. The van der Waals surface area contributed by atoms with Crippen LogP contribution in [-0.4, -0.2) is 84.3 Å². The lowest BCUT2D eigenvalue weighted by molar-refractivity contribution is -0.170. The van der Waals surface area contributed by atoms with E-state index < -0.39 is 42.3 Å². The van der Waals surface area contributed by atoms with Crippen LogP contribution in [0.2, 0.25) is 0 Å². The average Bonchev–Trinajstić information content (AvgIpc) is 2.47. The number of hydrogen-bond donors (Lipinski definition) is 6. The fourth-order valence-electron chi connectivity index (χ4n) is 1.68. The van der Waals surface area contributed by atoms with E-state index in [2.05, 4.69) is 0 Å². The summed E-state index contributed by atoms with van der Waals surface area (Å²) in [7, 11) is 0. The van der Waals surface area contributed by atoms with Crippen LogP contribution in [0.4, 0.5) is 0 Å². The number of carboxylic acids is 4. The summed E-state index contributed by atoms with van der Waals surface area (Å²) in [4.78, 5) is 42.1. The Morgan fingerprint density at radius 1 is 0.852 bits per heavy atom. The minimum Gasteiger partial charge on any atom is -0.481 e. The number of rotatable bonds is 10. The summed E-state index contributed by atoms with van der Waals surface area (Å²) in [6.45, 7) is 9.55. The summed E-state index contributed by atoms with van der Waals surface area (Å²) >= 11 is 0. The summed E-state index contributed by atoms with van der Waals surface area (Å²) < 4.78 is 0. The van der Waals surface area contributed by atoms with Gasteiger partial charge in [0, 0.05) is 6.42 Å². The maximum absolute atomic E-state index is 10.3. The van der Waals surface area contributed by atoms with E-state index in [4.69, 9.17) is 30.6 Å². The molecule has 0 aliphatic heterocycles. The molecular weight excluding hydrogens is 366 g/mol. The molecule has 27 heavy (non-hydrogen) atoms. The van der Waals surface area contributed by atoms with Crippen molar-refractivity contribution in [3.63, 3.8) is 0 Å². The van der Waals surface area contributed by atoms with Gasteiger partial charge in [0.05, 0.1) is 12.8 Å². The predicted molar refractivity (Wildman–Crippen MR) is 94.2 cm³/mol. The van der Waals surface area contributed by atoms with Crippen LogP contribution < -0.4 is 0 Å². The van der Waals surface area contributed by atoms with Crippen LogP contribution in [-0.2, 0) is 19.2 Å². The molecule has 6 N–H and O–H groups in total. The lowest BCUT2D eigenvalue weighted by Gasteiger charge is -2.20. The number of hydrogen-bond acceptors (Lipinski definition) is 7. The normalized spacial score (nSPS) is 11.4. The first-order valence-electron chi connectivity index (χ1n) is 8.30. The first-order valence-corrected chi connectivity index (χ1v) is 8.30. The van der Waals surface area contributed by atoms with Crippen LogP contribution in [0, 0.1) is 0 Å². The van der Waals surface area contributed by atoms with E-state index in [1.165, 1.54) is 0 Å². The zero-order valence-electron chi connectivity index (χ0n) is 16.1. The molecule has 0 aromatic heterocycles. The minimum atomic E-state index is -2.74. The van der Waals surface area contributed by atoms with Gasteiger partial charge in [0.2, 0.25) is 0 Å². The third kappa shape index (κ3) is 18.4. The molecule has 0 aliphatic carbocycles. The van der Waals surface area contributed by atoms with Gasteiger partial charge in [-0.25, -0.2) is 4.79 Å². The van der Waals surface area contributed by atoms with Gasteiger partial charge in [-0.05, 0) is 26.4 Å². The Balaban J connectivity index is -0.000000351. The van der Waals surface area contributed by atoms with E-state index >= 15 is 0 Å². The second-order valence-corrected chi connectivity index (χ2v) is 5.47. The van der Waals surface area contributed by atoms with Gasteiger partial charge in [0.1, 0.15) is 6.23 Å². The Morgan fingerprint density at radius 3 is 1.30 bits per heavy atom. The maximum atomic E-state index is 10.3. The number of aliphatic hydroxyl groups excluding tert-OH is 1. The third-order valence-corrected chi connectivity index (χ3v) is 3.09. The van der Waals surface area contributed by atoms with Crippen LogP contribution in [0.3, 0.4) is 0 Å². The van der Waals surface area contributed by atoms with Crippen LogP contribution in [0.5, 0.6) is 0 Å². The second kappa shape index (κ2) is 16.0. The minimum absolute atomic E-state index is 0.287. The summed E-state index contributed by atoms with van der Waals surface area (Å²) in [5, 5.41) is 50.7. The number of carbonyl (C=O) groups is 4. The van der Waals surface area contributed by atoms with Crippen LogP contribution >= 0.6 is 0 Å². The van der Waals surface area contributed by atoms with E-state index in [9.17, 15) is 19.2 Å². The molecule has 0 spiro atoms. The summed E-state index contributed by atoms with van der Waals surface area (Å²) in [5.74, 6) is -5.73. The van der Waals surface area contributed by atoms with Gasteiger partial charge in [-0.15, -0.1) is 0 Å². The molecule has 0 saturated heterocycles. The van der Waals surface area contributed by atoms with Gasteiger partial charge in [-0.3, -0.25) is 19.3 Å². The van der Waals surface area contributed by atoms with Crippen molar-refractivity contribution in [1.82, 2.24) is 4.90 Å². The molecule has 0 rings (SSSR count). The summed E-state index contributed by atoms with van der Waals surface area (Å²) in [5.41, 5.74) is -2.74. The van der Waals surface area contributed by atoms with E-state index in [1.807, 2.05) is 25.7 Å². The molecule has 0 aliphatic rings. The molecule has 0 aromatic carbocycles. The first kappa shape index (κ1) is 29.5. The standard InChI is InChI=1S/C6H15NO.C6H8O7.C4H8O2/c1-4-7(5-2)6(3)8;7-3(8)1-6(13,5(11)12)2-4(9)10;1-2-3-4(5)6/h6,8H,4-5H2,1-3H3;13H,1-2H2,(H,7,8)(H,9,10)(H,11,12);2-3H2,1H3,(H,5,6). The lowest BCUT2D eigenvalue weighted by atomic mass is 9.96. The molecule has 11 heteroatoms. The molecule has 0 saturated carbocycles. The van der Waals surface area contributed by atoms with Crippen molar-refractivity contribution in [3.8, 4) is 0 Å². The van der Waals surface area contributed by atoms with Crippen molar-refractivity contribution < 1.29 is 49.8 Å². The van der Waals surface area contributed by atoms with Crippen LogP contribution in [0.1, 0.15) is 53.4 Å². The number of aliphatic carboxylic acids is 4. The molecule has 0 radical (unpaired) electrons. The highest BCUT2D eigenvalue weighted by Gasteiger charge is 2.40. The van der Waals surface area contributed by atoms with Crippen molar-refractivity contribution in [2.24, 2.45) is 0 Å². The predicted octanol–water partition coefficient (Wildman–Crippen LogP) is 0.289. The van der Waals surface area contributed by atoms with Gasteiger partial charge in [0.15, 0.2) is 5.60 Å². The smallest absolute Gasteiger partial charge is 0.336 e. The van der Waals surface area contributed by atoms with Crippen molar-refractivity contribution >= 4 is 23.9 Å². The number of aliphatic hydroxyl groups is 2. The molecule has 0 bridgehead atoms. The number of nitrogens with zero attached hydrogens (tertiary/aromatic N) is 1. The highest BCUT2D eigenvalue weighted by molar-refractivity contribution is 5.88. The fraction of sp³-hybridized carbons (Fsp3) is 0.750. The Labute approximate surface area is 157 Å². The third-order valence-electron chi connectivity index (χ3n) is 3.09. The van der Waals surface area contributed by atoms with Gasteiger partial charge in [0.25, 0.3) is 0 Å². The Kier molecular flexibility index (Phi) is 17.5. The zero-order chi connectivity index (χ0) is 22.2. The second-order valence-electron chi connectivity index (χ2n) is 5.47. The van der Waals surface area contributed by atoms with Crippen LogP contribution in [0.15, 0.2) is 0 Å². The van der Waals surface area contributed by atoms with Crippen molar-refractivity contribution in [1.29, 1.82) is 0 Å². The Morgan fingerprint density at radius 2 is 1.22 bits per heavy atom. The summed E-state index contributed by atoms with van der Waals surface area (Å²) in [6.07, 6.45) is -1.55. The molecule has 0 aromatic rings. The summed E-state index contributed by atoms with van der Waals surface area (Å²) in [6, 6.07) is 0. The highest BCUT2D eigenvalue weighted by Crippen LogP contribution is 2.15. The van der Waals surface area contributed by atoms with Gasteiger partial charge >= 0.3 is 23.9 Å². The molecular formula is C16H31NO10. The number of carboxylic acid groups (broad SMARTS) is 4. The van der Waals surface area contributed by atoms with E-state index in [0.717, 1.165) is 19.5 Å². The molecule has 1 unspecified atom stereocenters. The lowest BCUT2D eigenvalue weighted by Crippen LogP contribution is -2.42. The monoisotopic (exact) mass is 397 g/mol. The van der Waals surface area contributed by atoms with E-state index in [0.29, 0.717) is 6.42 Å². The van der Waals surface area contributed by atoms with E-state index in [-0.39, 0.29) is 6.23 Å². The van der Waals surface area contributed by atoms with Gasteiger partial charge in [-0.2, -0.15) is 0 Å². The van der Waals surface area contributed by atoms with E-state index in [1.54, 1.807) is 6.92 Å². The SMILES string of the molecule is CCCC(=O)O.CCN(CC)C(C)O.O=C(O)CC(O)(CC(=O)O)C(=O)O. The van der Waals surface area contributed by atoms with Crippen molar-refractivity contribution in [3.05, 3.63) is 0 Å². The topological polar surface area (TPSA) is 193 Å². The first-order chi connectivity index (χ1) is 12.3. The molecule has 11 nitrogen and oxygen atoms in total. The maximum Gasteiger partial charge on any atom is 0.336 e. The highest BCUT2D eigenvalue weighted by atomic mass is 16.4. The van der Waals surface area contributed by atoms with Gasteiger partial charge in [-0.1, -0.05) is 20.8 Å². The van der Waals surface area contributed by atoms with Crippen LogP contribution in [0.25, 0.3) is 0 Å². The average molecular weight is 397 g/mol. The Hall–Kier alpha value is -2.24. The van der Waals surface area contributed by atoms with Gasteiger partial charge < -0.3 is 30.6 Å². The molecule has 160 valence electrons. The van der Waals surface area contributed by atoms with Crippen molar-refractivity contribution in [2.75, 3.05) is 13.1 Å². The van der Waals surface area contributed by atoms with Crippen molar-refractivity contribution in [2.45, 2.75) is 65.2 Å².